The van der Waals surface area contributed by atoms with Crippen molar-refractivity contribution in [3.05, 3.63) is 59.9 Å². The fourth-order valence-corrected chi connectivity index (χ4v) is 3.12. The smallest absolute Gasteiger partial charge is 0.329 e. The van der Waals surface area contributed by atoms with Gasteiger partial charge in [0.2, 0.25) is 0 Å². The molecule has 1 aromatic heterocycles. The number of aryl methyl sites for hydroxylation is 1. The number of H-pyrrole nitrogens is 1. The zero-order valence-corrected chi connectivity index (χ0v) is 13.7. The van der Waals surface area contributed by atoms with Crippen molar-refractivity contribution in [2.75, 3.05) is 0 Å². The Hall–Kier alpha value is -2.87. The Balaban J connectivity index is 1.63. The minimum atomic E-state index is -3.90. The summed E-state index contributed by atoms with van der Waals surface area (Å²) in [5.41, 5.74) is 2.56. The summed E-state index contributed by atoms with van der Waals surface area (Å²) in [6.45, 7) is 1.94. The molecule has 0 fully saturated rings. The number of benzene rings is 2. The van der Waals surface area contributed by atoms with Crippen molar-refractivity contribution >= 4 is 27.1 Å². The van der Waals surface area contributed by atoms with Crippen LogP contribution in [0.2, 0.25) is 0 Å². The molecule has 3 N–H and O–H groups in total. The van der Waals surface area contributed by atoms with E-state index in [0.717, 1.165) is 16.6 Å². The maximum Gasteiger partial charge on any atom is 0.329 e. The van der Waals surface area contributed by atoms with E-state index in [-0.39, 0.29) is 11.4 Å². The van der Waals surface area contributed by atoms with Gasteiger partial charge in [-0.25, -0.2) is 22.9 Å². The summed E-state index contributed by atoms with van der Waals surface area (Å²) in [5, 5.41) is 2.47. The molecular weight excluding hydrogens is 328 g/mol. The lowest BCUT2D eigenvalue weighted by Crippen LogP contribution is -2.39. The minimum absolute atomic E-state index is 0.0342. The zero-order valence-electron chi connectivity index (χ0n) is 12.9. The van der Waals surface area contributed by atoms with Crippen LogP contribution in [0.15, 0.2) is 53.4 Å². The summed E-state index contributed by atoms with van der Waals surface area (Å²) in [5.74, 6) is 0.541. The van der Waals surface area contributed by atoms with Crippen molar-refractivity contribution < 1.29 is 13.2 Å². The van der Waals surface area contributed by atoms with E-state index in [0.29, 0.717) is 5.82 Å². The fraction of sp³-hybridized carbons (Fsp3) is 0.125. The van der Waals surface area contributed by atoms with Crippen molar-refractivity contribution in [1.82, 2.24) is 20.0 Å². The van der Waals surface area contributed by atoms with Crippen LogP contribution in [0.25, 0.3) is 11.0 Å². The summed E-state index contributed by atoms with van der Waals surface area (Å²) < 4.78 is 26.2. The standard InChI is InChI=1S/C16H16N4O3S/c1-11-6-8-12(9-7-11)24(22,23)20-16(21)17-10-15-18-13-4-2-3-5-14(13)19-15/h2-9H,10H2,1H3,(H,18,19)(H2,17,20,21). The van der Waals surface area contributed by atoms with Gasteiger partial charge in [0, 0.05) is 0 Å². The maximum atomic E-state index is 12.1. The van der Waals surface area contributed by atoms with E-state index in [1.54, 1.807) is 12.1 Å². The van der Waals surface area contributed by atoms with Gasteiger partial charge in [-0.3, -0.25) is 0 Å². The quantitative estimate of drug-likeness (QED) is 0.674. The predicted octanol–water partition coefficient (Wildman–Crippen LogP) is 2.06. The number of urea groups is 1. The predicted molar refractivity (Wildman–Crippen MR) is 89.8 cm³/mol. The van der Waals surface area contributed by atoms with Gasteiger partial charge in [0.05, 0.1) is 22.5 Å². The van der Waals surface area contributed by atoms with Crippen molar-refractivity contribution in [1.29, 1.82) is 0 Å². The molecule has 24 heavy (non-hydrogen) atoms. The number of aromatic nitrogens is 2. The molecule has 0 bridgehead atoms. The first-order valence-electron chi connectivity index (χ1n) is 7.25. The monoisotopic (exact) mass is 344 g/mol. The second-order valence-corrected chi connectivity index (χ2v) is 6.98. The highest BCUT2D eigenvalue weighted by molar-refractivity contribution is 7.90. The van der Waals surface area contributed by atoms with E-state index in [9.17, 15) is 13.2 Å². The Labute approximate surface area is 139 Å². The van der Waals surface area contributed by atoms with Crippen LogP contribution in [0.5, 0.6) is 0 Å². The van der Waals surface area contributed by atoms with Gasteiger partial charge in [0.25, 0.3) is 10.0 Å². The first kappa shape index (κ1) is 16.0. The molecule has 2 amide bonds. The Kier molecular flexibility index (Phi) is 4.22. The average molecular weight is 344 g/mol. The van der Waals surface area contributed by atoms with Gasteiger partial charge in [-0.05, 0) is 31.2 Å². The normalized spacial score (nSPS) is 11.4. The average Bonchev–Trinajstić information content (AvgIpc) is 2.96. The van der Waals surface area contributed by atoms with Crippen LogP contribution in [-0.4, -0.2) is 24.4 Å². The number of sulfonamides is 1. The number of aromatic amines is 1. The summed E-state index contributed by atoms with van der Waals surface area (Å²) >= 11 is 0. The molecule has 2 aromatic carbocycles. The van der Waals surface area contributed by atoms with E-state index >= 15 is 0 Å². The van der Waals surface area contributed by atoms with E-state index in [1.807, 2.05) is 35.9 Å². The van der Waals surface area contributed by atoms with Crippen LogP contribution < -0.4 is 10.0 Å². The number of carbonyl (C=O) groups is 1. The maximum absolute atomic E-state index is 12.1. The molecule has 7 nitrogen and oxygen atoms in total. The number of hydrogen-bond acceptors (Lipinski definition) is 4. The van der Waals surface area contributed by atoms with Crippen LogP contribution >= 0.6 is 0 Å². The van der Waals surface area contributed by atoms with Crippen molar-refractivity contribution in [2.45, 2.75) is 18.4 Å². The SMILES string of the molecule is Cc1ccc(S(=O)(=O)NC(=O)NCc2nc3ccccc3[nH]2)cc1. The van der Waals surface area contributed by atoms with E-state index < -0.39 is 16.1 Å². The molecule has 0 spiro atoms. The highest BCUT2D eigenvalue weighted by Crippen LogP contribution is 2.11. The van der Waals surface area contributed by atoms with Gasteiger partial charge in [-0.1, -0.05) is 29.8 Å². The summed E-state index contributed by atoms with van der Waals surface area (Å²) in [4.78, 5) is 19.2. The molecular formula is C16H16N4O3S. The zero-order chi connectivity index (χ0) is 17.2. The third-order valence-electron chi connectivity index (χ3n) is 3.41. The molecule has 1 heterocycles. The molecule has 0 unspecified atom stereocenters. The lowest BCUT2D eigenvalue weighted by Gasteiger charge is -2.08. The van der Waals surface area contributed by atoms with Crippen molar-refractivity contribution in [2.24, 2.45) is 0 Å². The number of nitrogens with one attached hydrogen (secondary N) is 3. The lowest BCUT2D eigenvalue weighted by molar-refractivity contribution is 0.245. The van der Waals surface area contributed by atoms with Crippen LogP contribution in [-0.2, 0) is 16.6 Å². The van der Waals surface area contributed by atoms with Gasteiger partial charge in [0.1, 0.15) is 5.82 Å². The fourth-order valence-electron chi connectivity index (χ4n) is 2.19. The molecule has 0 saturated carbocycles. The summed E-state index contributed by atoms with van der Waals surface area (Å²) in [6.07, 6.45) is 0. The van der Waals surface area contributed by atoms with E-state index in [4.69, 9.17) is 0 Å². The molecule has 3 rings (SSSR count). The molecule has 0 aliphatic carbocycles. The summed E-state index contributed by atoms with van der Waals surface area (Å²) in [7, 11) is -3.90. The van der Waals surface area contributed by atoms with Crippen LogP contribution in [0, 0.1) is 6.92 Å². The van der Waals surface area contributed by atoms with Gasteiger partial charge in [-0.2, -0.15) is 0 Å². The minimum Gasteiger partial charge on any atom is -0.340 e. The highest BCUT2D eigenvalue weighted by Gasteiger charge is 2.17. The topological polar surface area (TPSA) is 104 Å². The molecule has 3 aromatic rings. The van der Waals surface area contributed by atoms with E-state index in [1.165, 1.54) is 12.1 Å². The Morgan fingerprint density at radius 3 is 2.54 bits per heavy atom. The molecule has 124 valence electrons. The number of rotatable bonds is 4. The van der Waals surface area contributed by atoms with Crippen LogP contribution in [0.4, 0.5) is 4.79 Å². The first-order chi connectivity index (χ1) is 11.4. The Morgan fingerprint density at radius 1 is 1.12 bits per heavy atom. The van der Waals surface area contributed by atoms with Gasteiger partial charge in [-0.15, -0.1) is 0 Å². The van der Waals surface area contributed by atoms with E-state index in [2.05, 4.69) is 15.3 Å². The number of carbonyl (C=O) groups excluding carboxylic acids is 1. The van der Waals surface area contributed by atoms with Gasteiger partial charge >= 0.3 is 6.03 Å². The largest absolute Gasteiger partial charge is 0.340 e. The number of fused-ring (bicyclic) bond motifs is 1. The van der Waals surface area contributed by atoms with Gasteiger partial charge < -0.3 is 10.3 Å². The second kappa shape index (κ2) is 6.32. The lowest BCUT2D eigenvalue weighted by atomic mass is 10.2. The Bertz CT molecular complexity index is 945. The summed E-state index contributed by atoms with van der Waals surface area (Å²) in [6, 6.07) is 12.9. The number of para-hydroxylation sites is 2. The van der Waals surface area contributed by atoms with Crippen molar-refractivity contribution in [3.8, 4) is 0 Å². The van der Waals surface area contributed by atoms with Crippen molar-refractivity contribution in [3.63, 3.8) is 0 Å². The third-order valence-corrected chi connectivity index (χ3v) is 4.76. The highest BCUT2D eigenvalue weighted by atomic mass is 32.2. The molecule has 0 aliphatic rings. The molecule has 0 atom stereocenters. The second-order valence-electron chi connectivity index (χ2n) is 5.30. The van der Waals surface area contributed by atoms with Gasteiger partial charge in [0.15, 0.2) is 0 Å². The molecule has 8 heteroatoms. The molecule has 0 radical (unpaired) electrons. The van der Waals surface area contributed by atoms with Crippen LogP contribution in [0.1, 0.15) is 11.4 Å². The third kappa shape index (κ3) is 3.54. The molecule has 0 saturated heterocycles. The molecule has 0 aliphatic heterocycles. The first-order valence-corrected chi connectivity index (χ1v) is 8.73. The number of hydrogen-bond donors (Lipinski definition) is 3. The number of imidazole rings is 1. The number of nitrogens with zero attached hydrogens (tertiary/aromatic N) is 1. The Morgan fingerprint density at radius 2 is 1.83 bits per heavy atom. The number of amides is 2. The van der Waals surface area contributed by atoms with Crippen LogP contribution in [0.3, 0.4) is 0 Å².